The molecule has 0 fully saturated rings. The van der Waals surface area contributed by atoms with Crippen molar-refractivity contribution in [3.8, 4) is 5.75 Å². The summed E-state index contributed by atoms with van der Waals surface area (Å²) in [6.07, 6.45) is 1.21. The maximum atomic E-state index is 10.7. The van der Waals surface area contributed by atoms with Crippen molar-refractivity contribution in [1.82, 2.24) is 0 Å². The predicted molar refractivity (Wildman–Crippen MR) is 79.1 cm³/mol. The fourth-order valence-corrected chi connectivity index (χ4v) is 1.63. The molecule has 2 aromatic carbocycles. The van der Waals surface area contributed by atoms with Gasteiger partial charge >= 0.3 is 5.69 Å². The molecule has 0 radical (unpaired) electrons. The number of phenolic OH excluding ortho intramolecular Hbond substituents is 1. The number of nitro groups is 2. The number of para-hydroxylation sites is 1. The summed E-state index contributed by atoms with van der Waals surface area (Å²) in [6.45, 7) is 0. The number of benzene rings is 2. The van der Waals surface area contributed by atoms with Crippen LogP contribution in [-0.4, -0.2) is 21.2 Å². The highest BCUT2D eigenvalue weighted by molar-refractivity contribution is 5.86. The molecule has 0 saturated carbocycles. The molecule has 0 aliphatic rings. The predicted octanol–water partition coefficient (Wildman–Crippen LogP) is 2.65. The van der Waals surface area contributed by atoms with E-state index in [1.807, 2.05) is 0 Å². The van der Waals surface area contributed by atoms with E-state index in [1.54, 1.807) is 0 Å². The quantitative estimate of drug-likeness (QED) is 0.496. The maximum Gasteiger partial charge on any atom is 0.311 e. The molecular weight excluding hydrogens is 292 g/mol. The molecule has 0 unspecified atom stereocenters. The second-order valence-electron chi connectivity index (χ2n) is 4.15. The number of hydrogen-bond acceptors (Lipinski definition) is 7. The van der Waals surface area contributed by atoms with Crippen molar-refractivity contribution < 1.29 is 15.0 Å². The van der Waals surface area contributed by atoms with Gasteiger partial charge in [0.25, 0.3) is 5.69 Å². The van der Waals surface area contributed by atoms with E-state index in [2.05, 4.69) is 10.5 Å². The number of hydrogen-bond donors (Lipinski definition) is 2. The SMILES string of the molecule is O=[N+]([O-])c1ccc(NN=Cc2cccc([N+](=O)[O-])c2O)cc1. The van der Waals surface area contributed by atoms with Crippen molar-refractivity contribution in [2.75, 3.05) is 5.43 Å². The molecule has 2 rings (SSSR count). The molecule has 0 aliphatic heterocycles. The second kappa shape index (κ2) is 6.31. The minimum absolute atomic E-state index is 0.0501. The summed E-state index contributed by atoms with van der Waals surface area (Å²) in [4.78, 5) is 20.0. The number of rotatable bonds is 5. The topological polar surface area (TPSA) is 131 Å². The smallest absolute Gasteiger partial charge is 0.311 e. The normalized spacial score (nSPS) is 10.5. The summed E-state index contributed by atoms with van der Waals surface area (Å²) in [5.41, 5.74) is 2.80. The van der Waals surface area contributed by atoms with Crippen LogP contribution in [0.25, 0.3) is 0 Å². The largest absolute Gasteiger partial charge is 0.502 e. The lowest BCUT2D eigenvalue weighted by molar-refractivity contribution is -0.385. The second-order valence-corrected chi connectivity index (χ2v) is 4.15. The fraction of sp³-hybridized carbons (Fsp3) is 0. The minimum atomic E-state index is -0.698. The van der Waals surface area contributed by atoms with Gasteiger partial charge in [0.15, 0.2) is 0 Å². The monoisotopic (exact) mass is 302 g/mol. The van der Waals surface area contributed by atoms with E-state index in [9.17, 15) is 25.3 Å². The number of phenols is 1. The molecule has 2 N–H and O–H groups in total. The Labute approximate surface area is 123 Å². The van der Waals surface area contributed by atoms with Crippen molar-refractivity contribution in [3.63, 3.8) is 0 Å². The Hall–Kier alpha value is -3.49. The van der Waals surface area contributed by atoms with Gasteiger partial charge in [-0.3, -0.25) is 25.7 Å². The average Bonchev–Trinajstić information content (AvgIpc) is 2.49. The first kappa shape index (κ1) is 14.9. The van der Waals surface area contributed by atoms with Crippen molar-refractivity contribution in [1.29, 1.82) is 0 Å². The van der Waals surface area contributed by atoms with Gasteiger partial charge in [0.05, 0.1) is 21.7 Å². The van der Waals surface area contributed by atoms with Crippen LogP contribution in [0.15, 0.2) is 47.6 Å². The first-order chi connectivity index (χ1) is 10.5. The molecule has 0 heterocycles. The van der Waals surface area contributed by atoms with Crippen LogP contribution >= 0.6 is 0 Å². The van der Waals surface area contributed by atoms with Gasteiger partial charge in [0.2, 0.25) is 5.75 Å². The standard InChI is InChI=1S/C13H10N4O5/c18-13-9(2-1-3-12(13)17(21)22)8-14-15-10-4-6-11(7-5-10)16(19)20/h1-8,15,18H. The summed E-state index contributed by atoms with van der Waals surface area (Å²) in [5.74, 6) is -0.484. The lowest BCUT2D eigenvalue weighted by Crippen LogP contribution is -1.94. The van der Waals surface area contributed by atoms with E-state index in [-0.39, 0.29) is 11.3 Å². The summed E-state index contributed by atoms with van der Waals surface area (Å²) < 4.78 is 0. The van der Waals surface area contributed by atoms with Crippen LogP contribution in [0.1, 0.15) is 5.56 Å². The molecule has 0 bridgehead atoms. The number of nitrogens with zero attached hydrogens (tertiary/aromatic N) is 3. The first-order valence-electron chi connectivity index (χ1n) is 5.99. The highest BCUT2D eigenvalue weighted by Crippen LogP contribution is 2.28. The lowest BCUT2D eigenvalue weighted by Gasteiger charge is -2.01. The van der Waals surface area contributed by atoms with Crippen LogP contribution in [-0.2, 0) is 0 Å². The Morgan fingerprint density at radius 3 is 2.32 bits per heavy atom. The molecule has 0 atom stereocenters. The molecule has 22 heavy (non-hydrogen) atoms. The molecule has 0 spiro atoms. The van der Waals surface area contributed by atoms with Crippen LogP contribution < -0.4 is 5.43 Å². The van der Waals surface area contributed by atoms with Crippen molar-refractivity contribution >= 4 is 23.3 Å². The highest BCUT2D eigenvalue weighted by Gasteiger charge is 2.14. The Morgan fingerprint density at radius 1 is 1.05 bits per heavy atom. The minimum Gasteiger partial charge on any atom is -0.502 e. The molecule has 0 aliphatic carbocycles. The molecule has 9 heteroatoms. The molecule has 0 saturated heterocycles. The molecule has 9 nitrogen and oxygen atoms in total. The van der Waals surface area contributed by atoms with E-state index >= 15 is 0 Å². The van der Waals surface area contributed by atoms with Gasteiger partial charge < -0.3 is 5.11 Å². The Morgan fingerprint density at radius 2 is 1.73 bits per heavy atom. The number of anilines is 1. The van der Waals surface area contributed by atoms with E-state index in [0.29, 0.717) is 5.69 Å². The number of aromatic hydroxyl groups is 1. The Balaban J connectivity index is 2.11. The third-order valence-electron chi connectivity index (χ3n) is 2.72. The van der Waals surface area contributed by atoms with Crippen LogP contribution in [0.3, 0.4) is 0 Å². The van der Waals surface area contributed by atoms with E-state index in [1.165, 1.54) is 48.7 Å². The number of nitro benzene ring substituents is 2. The van der Waals surface area contributed by atoms with Crippen molar-refractivity contribution in [2.24, 2.45) is 5.10 Å². The average molecular weight is 302 g/mol. The van der Waals surface area contributed by atoms with Gasteiger partial charge in [-0.2, -0.15) is 5.10 Å². The lowest BCUT2D eigenvalue weighted by atomic mass is 10.2. The first-order valence-corrected chi connectivity index (χ1v) is 5.99. The molecule has 0 amide bonds. The number of nitrogens with one attached hydrogen (secondary N) is 1. The fourth-order valence-electron chi connectivity index (χ4n) is 1.63. The third-order valence-corrected chi connectivity index (χ3v) is 2.72. The summed E-state index contributed by atoms with van der Waals surface area (Å²) in [7, 11) is 0. The van der Waals surface area contributed by atoms with Gasteiger partial charge in [-0.25, -0.2) is 0 Å². The van der Waals surface area contributed by atoms with Crippen molar-refractivity contribution in [2.45, 2.75) is 0 Å². The number of hydrazone groups is 1. The molecule has 112 valence electrons. The van der Waals surface area contributed by atoms with E-state index in [0.717, 1.165) is 0 Å². The van der Waals surface area contributed by atoms with Gasteiger partial charge in [0.1, 0.15) is 0 Å². The van der Waals surface area contributed by atoms with E-state index in [4.69, 9.17) is 0 Å². The van der Waals surface area contributed by atoms with Crippen LogP contribution in [0.5, 0.6) is 5.75 Å². The van der Waals surface area contributed by atoms with Gasteiger partial charge in [-0.15, -0.1) is 0 Å². The van der Waals surface area contributed by atoms with Gasteiger partial charge in [0, 0.05) is 23.8 Å². The van der Waals surface area contributed by atoms with Gasteiger partial charge in [-0.1, -0.05) is 6.07 Å². The van der Waals surface area contributed by atoms with Crippen LogP contribution in [0, 0.1) is 20.2 Å². The molecular formula is C13H10N4O5. The zero-order valence-corrected chi connectivity index (χ0v) is 11.0. The third kappa shape index (κ3) is 3.33. The molecule has 0 aromatic heterocycles. The number of non-ortho nitro benzene ring substituents is 1. The maximum absolute atomic E-state index is 10.7. The summed E-state index contributed by atoms with van der Waals surface area (Å²) >= 11 is 0. The highest BCUT2D eigenvalue weighted by atomic mass is 16.6. The zero-order valence-electron chi connectivity index (χ0n) is 11.0. The van der Waals surface area contributed by atoms with Crippen molar-refractivity contribution in [3.05, 3.63) is 68.3 Å². The van der Waals surface area contributed by atoms with Crippen LogP contribution in [0.2, 0.25) is 0 Å². The van der Waals surface area contributed by atoms with Crippen LogP contribution in [0.4, 0.5) is 17.1 Å². The zero-order chi connectivity index (χ0) is 16.1. The van der Waals surface area contributed by atoms with E-state index < -0.39 is 21.3 Å². The summed E-state index contributed by atoms with van der Waals surface area (Å²) in [6, 6.07) is 9.60. The van der Waals surface area contributed by atoms with Gasteiger partial charge in [-0.05, 0) is 18.2 Å². The Bertz CT molecular complexity index is 743. The Kier molecular flexibility index (Phi) is 4.27. The molecule has 2 aromatic rings. The summed E-state index contributed by atoms with van der Waals surface area (Å²) in [5, 5.41) is 34.7.